The average molecular weight is 768 g/mol. The number of fused-ring (bicyclic) bond motifs is 1. The van der Waals surface area contributed by atoms with Crippen LogP contribution < -0.4 is 20.7 Å². The molecule has 2 aromatic heterocycles. The van der Waals surface area contributed by atoms with Gasteiger partial charge in [0.1, 0.15) is 42.5 Å². The number of aromatic nitrogens is 4. The molecule has 1 saturated heterocycles. The smallest absolute Gasteiger partial charge is 0.459 e. The summed E-state index contributed by atoms with van der Waals surface area (Å²) in [6.45, 7) is 0.745. The number of ether oxygens (including phenoxy) is 2. The summed E-state index contributed by atoms with van der Waals surface area (Å²) in [5.41, 5.74) is 7.04. The highest BCUT2D eigenvalue weighted by molar-refractivity contribution is 7.52. The molecule has 19 heteroatoms. The summed E-state index contributed by atoms with van der Waals surface area (Å²) < 4.78 is 65.7. The number of carbonyl (C=O) groups excluding carboxylic acids is 2. The van der Waals surface area contributed by atoms with Gasteiger partial charge in [-0.2, -0.15) is 19.4 Å². The first kappa shape index (κ1) is 38.5. The van der Waals surface area contributed by atoms with Gasteiger partial charge in [0.25, 0.3) is 0 Å². The maximum Gasteiger partial charge on any atom is 0.459 e. The lowest BCUT2D eigenvalue weighted by atomic mass is 10.1. The Balaban J connectivity index is 1.14. The van der Waals surface area contributed by atoms with E-state index in [1.54, 1.807) is 42.5 Å². The number of nitrogens with zero attached hydrogens (tertiary/aromatic N) is 4. The lowest BCUT2D eigenvalue weighted by Gasteiger charge is -2.24. The molecule has 0 radical (unpaired) electrons. The van der Waals surface area contributed by atoms with Gasteiger partial charge in [-0.25, -0.2) is 13.9 Å². The number of imidazole rings is 1. The molecule has 5 aromatic rings. The lowest BCUT2D eigenvalue weighted by molar-refractivity contribution is -0.146. The maximum absolute atomic E-state index is 14.7. The first-order chi connectivity index (χ1) is 25.9. The zero-order valence-corrected chi connectivity index (χ0v) is 29.5. The number of nitrogens with one attached hydrogen (secondary N) is 2. The van der Waals surface area contributed by atoms with Crippen molar-refractivity contribution in [3.63, 3.8) is 0 Å². The summed E-state index contributed by atoms with van der Waals surface area (Å²) in [6, 6.07) is 20.0. The molecule has 0 bridgehead atoms. The molecule has 1 amide bonds. The fourth-order valence-electron chi connectivity index (χ4n) is 5.46. The highest BCUT2D eigenvalue weighted by atomic mass is 31.2. The summed E-state index contributed by atoms with van der Waals surface area (Å²) in [5, 5.41) is 26.9. The van der Waals surface area contributed by atoms with Gasteiger partial charge in [-0.1, -0.05) is 60.7 Å². The third-order valence-electron chi connectivity index (χ3n) is 8.26. The summed E-state index contributed by atoms with van der Waals surface area (Å²) in [7, 11) is -4.40. The first-order valence-electron chi connectivity index (χ1n) is 16.6. The molecule has 0 saturated carbocycles. The van der Waals surface area contributed by atoms with Gasteiger partial charge in [-0.05, 0) is 48.7 Å². The van der Waals surface area contributed by atoms with Crippen LogP contribution in [0.1, 0.15) is 24.3 Å². The fraction of sp³-hybridized carbons (Fsp3) is 0.286. The molecule has 3 heterocycles. The molecule has 1 aliphatic rings. The Bertz CT molecular complexity index is 2120. The Labute approximate surface area is 306 Å². The zero-order valence-electron chi connectivity index (χ0n) is 28.6. The van der Waals surface area contributed by atoms with Gasteiger partial charge >= 0.3 is 19.8 Å². The van der Waals surface area contributed by atoms with Gasteiger partial charge in [-0.15, -0.1) is 0 Å². The minimum atomic E-state index is -4.40. The molecule has 1 aliphatic heterocycles. The van der Waals surface area contributed by atoms with Crippen molar-refractivity contribution in [2.75, 3.05) is 11.9 Å². The first-order valence-corrected chi connectivity index (χ1v) is 18.1. The molecule has 6 N–H and O–H groups in total. The normalized spacial score (nSPS) is 20.6. The van der Waals surface area contributed by atoms with Gasteiger partial charge in [0.15, 0.2) is 23.2 Å². The highest BCUT2D eigenvalue weighted by Crippen LogP contribution is 2.46. The molecule has 284 valence electrons. The summed E-state index contributed by atoms with van der Waals surface area (Å²) in [5.74, 6) is -2.14. The van der Waals surface area contributed by atoms with Crippen LogP contribution in [-0.2, 0) is 41.2 Å². The summed E-state index contributed by atoms with van der Waals surface area (Å²) in [4.78, 5) is 37.3. The second-order valence-electron chi connectivity index (χ2n) is 12.3. The number of rotatable bonds is 15. The number of carbonyl (C=O) groups is 2. The Hall–Kier alpha value is -5.20. The molecule has 6 rings (SSSR count). The number of nitrogens with two attached hydrogens (primary N) is 1. The Morgan fingerprint density at radius 2 is 1.67 bits per heavy atom. The van der Waals surface area contributed by atoms with Gasteiger partial charge in [-0.3, -0.25) is 18.7 Å². The van der Waals surface area contributed by atoms with Crippen LogP contribution in [0.15, 0.2) is 91.3 Å². The van der Waals surface area contributed by atoms with Crippen molar-refractivity contribution < 1.29 is 51.7 Å². The van der Waals surface area contributed by atoms with E-state index in [9.17, 15) is 33.1 Å². The number of hydrogen-bond acceptors (Lipinski definition) is 13. The maximum atomic E-state index is 14.7. The Kier molecular flexibility index (Phi) is 12.0. The van der Waals surface area contributed by atoms with Crippen molar-refractivity contribution in [1.82, 2.24) is 24.6 Å². The Morgan fingerprint density at radius 1 is 0.981 bits per heavy atom. The SMILES string of the molecule is CC(NP(=O)(OC[C@@H]1OC(n2cnc3c(NC(=O)C(N)Cc4ccc(F)cc4)nc(F)nc32)[C@@H](O)[C@@H]1O)Oc1ccccc1)C(=O)OCc1ccccc1. The predicted octanol–water partition coefficient (Wildman–Crippen LogP) is 3.16. The standard InChI is InChI=1S/C35H36F2N7O9P/c1-20(34(48)50-17-22-8-4-2-5-9-22)43-54(49,53-24-10-6-3-7-11-24)51-18-26-28(45)29(46)33(52-26)44-19-39-27-30(41-35(37)42-31(27)44)40-32(47)25(38)16-21-12-14-23(36)15-13-21/h2-15,19-20,25-26,28-29,33,45-46H,16-18,38H2,1H3,(H,43,49)(H,40,41,42,47)/t20?,25?,26-,28+,29-,33?,54?/m0/s1. The van der Waals surface area contributed by atoms with E-state index in [-0.39, 0.29) is 35.8 Å². The van der Waals surface area contributed by atoms with Crippen molar-refractivity contribution >= 4 is 36.6 Å². The molecule has 0 spiro atoms. The second kappa shape index (κ2) is 16.9. The van der Waals surface area contributed by atoms with Crippen LogP contribution in [0.4, 0.5) is 14.6 Å². The van der Waals surface area contributed by atoms with Crippen LogP contribution in [0.3, 0.4) is 0 Å². The van der Waals surface area contributed by atoms with E-state index in [4.69, 9.17) is 24.3 Å². The van der Waals surface area contributed by atoms with Crippen LogP contribution in [0, 0.1) is 11.9 Å². The number of aliphatic hydroxyl groups is 2. The van der Waals surface area contributed by atoms with Gasteiger partial charge in [0.05, 0.1) is 19.0 Å². The molecule has 16 nitrogen and oxygen atoms in total. The van der Waals surface area contributed by atoms with Crippen molar-refractivity contribution in [2.24, 2.45) is 5.73 Å². The highest BCUT2D eigenvalue weighted by Gasteiger charge is 2.46. The van der Waals surface area contributed by atoms with E-state index in [2.05, 4.69) is 25.4 Å². The molecular formula is C35H36F2N7O9P. The largest absolute Gasteiger partial charge is 0.460 e. The van der Waals surface area contributed by atoms with Crippen LogP contribution >= 0.6 is 7.75 Å². The minimum Gasteiger partial charge on any atom is -0.460 e. The molecule has 1 fully saturated rings. The third-order valence-corrected chi connectivity index (χ3v) is 9.90. The van der Waals surface area contributed by atoms with Crippen molar-refractivity contribution in [1.29, 1.82) is 0 Å². The molecule has 7 atom stereocenters. The zero-order chi connectivity index (χ0) is 38.4. The van der Waals surface area contributed by atoms with Crippen molar-refractivity contribution in [3.05, 3.63) is 114 Å². The average Bonchev–Trinajstić information content (AvgIpc) is 3.70. The molecule has 4 unspecified atom stereocenters. The topological polar surface area (TPSA) is 222 Å². The van der Waals surface area contributed by atoms with E-state index < -0.39 is 74.7 Å². The number of halogens is 2. The van der Waals surface area contributed by atoms with Crippen LogP contribution in [0.25, 0.3) is 11.2 Å². The number of hydrogen-bond donors (Lipinski definition) is 5. The van der Waals surface area contributed by atoms with Gasteiger partial charge in [0.2, 0.25) is 5.91 Å². The van der Waals surface area contributed by atoms with Crippen LogP contribution in [0.2, 0.25) is 0 Å². The van der Waals surface area contributed by atoms with Gasteiger partial charge in [0, 0.05) is 0 Å². The van der Waals surface area contributed by atoms with E-state index >= 15 is 0 Å². The monoisotopic (exact) mass is 767 g/mol. The third kappa shape index (κ3) is 9.29. The number of para-hydroxylation sites is 1. The Morgan fingerprint density at radius 3 is 2.37 bits per heavy atom. The van der Waals surface area contributed by atoms with Crippen LogP contribution in [0.5, 0.6) is 5.75 Å². The van der Waals surface area contributed by atoms with Crippen molar-refractivity contribution in [2.45, 2.75) is 56.6 Å². The van der Waals surface area contributed by atoms with Gasteiger partial charge < -0.3 is 35.3 Å². The van der Waals surface area contributed by atoms with E-state index in [1.807, 2.05) is 6.07 Å². The predicted molar refractivity (Wildman–Crippen MR) is 187 cm³/mol. The number of amides is 1. The fourth-order valence-corrected chi connectivity index (χ4v) is 6.96. The molecule has 0 aliphatic carbocycles. The van der Waals surface area contributed by atoms with E-state index in [0.29, 0.717) is 5.56 Å². The minimum absolute atomic E-state index is 0.0333. The van der Waals surface area contributed by atoms with E-state index in [1.165, 1.54) is 43.3 Å². The number of benzene rings is 3. The number of aliphatic hydroxyl groups excluding tert-OH is 2. The quantitative estimate of drug-likeness (QED) is 0.0587. The van der Waals surface area contributed by atoms with Crippen molar-refractivity contribution in [3.8, 4) is 5.75 Å². The molecular weight excluding hydrogens is 731 g/mol. The summed E-state index contributed by atoms with van der Waals surface area (Å²) >= 11 is 0. The summed E-state index contributed by atoms with van der Waals surface area (Å²) in [6.07, 6.45) is -6.16. The lowest BCUT2D eigenvalue weighted by Crippen LogP contribution is -2.37. The number of anilines is 1. The molecule has 3 aromatic carbocycles. The van der Waals surface area contributed by atoms with Crippen LogP contribution in [-0.4, -0.2) is 78.6 Å². The molecule has 54 heavy (non-hydrogen) atoms. The van der Waals surface area contributed by atoms with E-state index in [0.717, 1.165) is 16.5 Å². The number of esters is 1. The second-order valence-corrected chi connectivity index (χ2v) is 14.0.